The van der Waals surface area contributed by atoms with Crippen LogP contribution in [-0.2, 0) is 38.2 Å². The second-order valence-corrected chi connectivity index (χ2v) is 17.4. The van der Waals surface area contributed by atoms with E-state index in [0.29, 0.717) is 97.1 Å². The molecule has 0 bridgehead atoms. The van der Waals surface area contributed by atoms with Crippen LogP contribution in [0.3, 0.4) is 0 Å². The summed E-state index contributed by atoms with van der Waals surface area (Å²) in [5.74, 6) is -1.35. The third-order valence-corrected chi connectivity index (χ3v) is 10.7. The van der Waals surface area contributed by atoms with Crippen LogP contribution in [0.4, 0.5) is 28.8 Å². The molecule has 0 rings (SSSR count). The van der Waals surface area contributed by atoms with E-state index in [2.05, 4.69) is 34.4 Å². The van der Waals surface area contributed by atoms with Crippen molar-refractivity contribution in [3.63, 3.8) is 0 Å². The van der Waals surface area contributed by atoms with Crippen molar-refractivity contribution in [1.29, 1.82) is 0 Å². The highest BCUT2D eigenvalue weighted by atomic mass is 16.7. The maximum atomic E-state index is 13.5. The van der Waals surface area contributed by atoms with Gasteiger partial charge in [0.15, 0.2) is 0 Å². The molecule has 0 unspecified atom stereocenters. The monoisotopic (exact) mass is 999 g/mol. The van der Waals surface area contributed by atoms with Gasteiger partial charge >= 0.3 is 48.4 Å². The molecule has 0 aliphatic rings. The molecule has 0 atom stereocenters. The van der Waals surface area contributed by atoms with Gasteiger partial charge in [0.2, 0.25) is 0 Å². The number of hydrogen-bond acceptors (Lipinski definition) is 16. The normalized spacial score (nSPS) is 11.2. The minimum Gasteiger partial charge on any atom is -0.459 e. The van der Waals surface area contributed by atoms with E-state index in [1.165, 1.54) is 5.06 Å². The molecule has 402 valence electrons. The van der Waals surface area contributed by atoms with Gasteiger partial charge in [-0.1, -0.05) is 64.5 Å². The van der Waals surface area contributed by atoms with E-state index in [-0.39, 0.29) is 39.5 Å². The molecule has 0 heterocycles. The lowest BCUT2D eigenvalue weighted by Gasteiger charge is -2.36. The molecule has 0 saturated carbocycles. The first-order valence-electron chi connectivity index (χ1n) is 24.8. The molecule has 0 aromatic rings. The molecule has 0 aliphatic carbocycles. The molecule has 8 amide bonds. The van der Waals surface area contributed by atoms with Crippen molar-refractivity contribution in [2.75, 3.05) is 78.8 Å². The molecule has 4 N–H and O–H groups in total. The summed E-state index contributed by atoms with van der Waals surface area (Å²) < 4.78 is 20.3. The molecule has 0 radical (unpaired) electrons. The molecular weight excluding hydrogens is 913 g/mol. The number of carbonyl (C=O) groups is 8. The Bertz CT molecular complexity index is 1590. The van der Waals surface area contributed by atoms with E-state index >= 15 is 0 Å². The SMILES string of the molecule is C=CC(=O)OCCOC(=O)N(CCCCCCNC(=O)ON(CC)CC)C(=O)NCCCCCCC(C)(C)N(C(=O)NCCCCCCC(C)(C)NC(=O)ON(CC)CC)C(=O)OCCOC(=O)C=C. The highest BCUT2D eigenvalue weighted by Gasteiger charge is 2.37. The van der Waals surface area contributed by atoms with E-state index in [9.17, 15) is 38.4 Å². The topological polar surface area (TPSA) is 253 Å². The van der Waals surface area contributed by atoms with Crippen molar-refractivity contribution in [1.82, 2.24) is 41.2 Å². The van der Waals surface area contributed by atoms with Gasteiger partial charge in [0.1, 0.15) is 26.4 Å². The summed E-state index contributed by atoms with van der Waals surface area (Å²) >= 11 is 0. The van der Waals surface area contributed by atoms with Gasteiger partial charge in [-0.15, -0.1) is 10.1 Å². The number of esters is 2. The van der Waals surface area contributed by atoms with Crippen LogP contribution >= 0.6 is 0 Å². The molecule has 0 saturated heterocycles. The fraction of sp³-hybridized carbons (Fsp3) is 0.750. The van der Waals surface area contributed by atoms with Crippen molar-refractivity contribution in [2.45, 2.75) is 156 Å². The van der Waals surface area contributed by atoms with Crippen molar-refractivity contribution >= 4 is 48.4 Å². The third kappa shape index (κ3) is 30.8. The van der Waals surface area contributed by atoms with E-state index in [4.69, 9.17) is 28.6 Å². The molecule has 0 aliphatic heterocycles. The predicted molar refractivity (Wildman–Crippen MR) is 263 cm³/mol. The maximum Gasteiger partial charge on any atom is 0.426 e. The molecule has 22 nitrogen and oxygen atoms in total. The summed E-state index contributed by atoms with van der Waals surface area (Å²) in [6.07, 6.45) is 8.60. The van der Waals surface area contributed by atoms with Crippen molar-refractivity contribution in [2.24, 2.45) is 0 Å². The van der Waals surface area contributed by atoms with E-state index in [1.54, 1.807) is 18.9 Å². The quantitative estimate of drug-likeness (QED) is 0.0153. The fourth-order valence-corrected chi connectivity index (χ4v) is 6.71. The van der Waals surface area contributed by atoms with E-state index < -0.39 is 59.5 Å². The lowest BCUT2D eigenvalue weighted by Crippen LogP contribution is -2.55. The minimum absolute atomic E-state index is 0.0743. The Morgan fingerprint density at radius 1 is 0.486 bits per heavy atom. The number of hydroxylamine groups is 4. The van der Waals surface area contributed by atoms with E-state index in [0.717, 1.165) is 54.1 Å². The zero-order valence-corrected chi connectivity index (χ0v) is 43.5. The summed E-state index contributed by atoms with van der Waals surface area (Å²) in [5, 5.41) is 14.3. The zero-order chi connectivity index (χ0) is 52.8. The number of carbonyl (C=O) groups excluding carboxylic acids is 8. The minimum atomic E-state index is -0.976. The molecular formula is C48H86N8O14. The lowest BCUT2D eigenvalue weighted by atomic mass is 9.94. The van der Waals surface area contributed by atoms with Crippen LogP contribution in [0.2, 0.25) is 0 Å². The van der Waals surface area contributed by atoms with Crippen LogP contribution in [0.5, 0.6) is 0 Å². The zero-order valence-electron chi connectivity index (χ0n) is 43.5. The number of unbranched alkanes of at least 4 members (excludes halogenated alkanes) is 9. The summed E-state index contributed by atoms with van der Waals surface area (Å²) in [7, 11) is 0. The first-order chi connectivity index (χ1) is 33.3. The number of urea groups is 2. The summed E-state index contributed by atoms with van der Waals surface area (Å²) in [6.45, 7) is 24.1. The second kappa shape index (κ2) is 38.2. The first-order valence-corrected chi connectivity index (χ1v) is 24.8. The van der Waals surface area contributed by atoms with Crippen LogP contribution in [0.1, 0.15) is 145 Å². The molecule has 0 aromatic heterocycles. The van der Waals surface area contributed by atoms with Gasteiger partial charge in [-0.25, -0.2) is 48.2 Å². The van der Waals surface area contributed by atoms with Gasteiger partial charge < -0.3 is 49.9 Å². The molecule has 70 heavy (non-hydrogen) atoms. The van der Waals surface area contributed by atoms with Crippen molar-refractivity contribution in [3.8, 4) is 0 Å². The number of hydrogen-bond donors (Lipinski definition) is 4. The Hall–Kier alpha value is -5.64. The van der Waals surface area contributed by atoms with Gasteiger partial charge in [0, 0.05) is 70.0 Å². The third-order valence-electron chi connectivity index (χ3n) is 10.7. The van der Waals surface area contributed by atoms with Crippen molar-refractivity contribution < 1.29 is 67.0 Å². The Morgan fingerprint density at radius 2 is 0.900 bits per heavy atom. The molecule has 0 aromatic carbocycles. The Morgan fingerprint density at radius 3 is 1.40 bits per heavy atom. The fourth-order valence-electron chi connectivity index (χ4n) is 6.71. The number of imide groups is 2. The maximum absolute atomic E-state index is 13.5. The summed E-state index contributed by atoms with van der Waals surface area (Å²) in [5.41, 5.74) is -1.44. The van der Waals surface area contributed by atoms with Gasteiger partial charge in [-0.3, -0.25) is 0 Å². The number of ether oxygens (including phenoxy) is 4. The highest BCUT2D eigenvalue weighted by molar-refractivity contribution is 5.92. The predicted octanol–water partition coefficient (Wildman–Crippen LogP) is 7.73. The van der Waals surface area contributed by atoms with Gasteiger partial charge in [-0.2, -0.15) is 0 Å². The number of amides is 8. The lowest BCUT2D eigenvalue weighted by molar-refractivity contribution is -0.139. The van der Waals surface area contributed by atoms with Gasteiger partial charge in [0.05, 0.1) is 5.54 Å². The largest absolute Gasteiger partial charge is 0.459 e. The van der Waals surface area contributed by atoms with Crippen LogP contribution in [0.15, 0.2) is 25.3 Å². The van der Waals surface area contributed by atoms with Gasteiger partial charge in [0.25, 0.3) is 0 Å². The second-order valence-electron chi connectivity index (χ2n) is 17.4. The average molecular weight is 999 g/mol. The van der Waals surface area contributed by atoms with Crippen LogP contribution < -0.4 is 21.3 Å². The van der Waals surface area contributed by atoms with Crippen LogP contribution in [0.25, 0.3) is 0 Å². The Balaban J connectivity index is 5.18. The number of nitrogens with zero attached hydrogens (tertiary/aromatic N) is 4. The summed E-state index contributed by atoms with van der Waals surface area (Å²) in [6, 6.07) is -1.26. The molecule has 22 heteroatoms. The standard InChI is InChI=1S/C48H86N8O14/c1-11-39(57)65-35-37-67-45(63)55(34-28-22-21-27-33-51-43(61)69-53(13-3)14-4)41(59)49-31-25-20-18-24-30-48(9,10)56(46(64)68-38-36-66-40(58)12-2)42(60)50-32-26-19-17-23-29-47(7,8)52-44(62)70-54(15-5)16-6/h11-12H,1-2,13-38H2,3-10H3,(H,49,59)(H,50,60)(H,51,61)(H,52,62). The smallest absolute Gasteiger partial charge is 0.426 e. The number of nitrogens with one attached hydrogen (secondary N) is 4. The Kier molecular flexibility index (Phi) is 35.1. The molecule has 0 fully saturated rings. The Labute approximate surface area is 416 Å². The first kappa shape index (κ1) is 64.4. The molecule has 0 spiro atoms. The average Bonchev–Trinajstić information content (AvgIpc) is 3.32. The van der Waals surface area contributed by atoms with Crippen LogP contribution in [-0.4, -0.2) is 158 Å². The number of rotatable bonds is 37. The van der Waals surface area contributed by atoms with Crippen LogP contribution in [0, 0.1) is 0 Å². The van der Waals surface area contributed by atoms with E-state index in [1.807, 2.05) is 41.5 Å². The van der Waals surface area contributed by atoms with Gasteiger partial charge in [-0.05, 0) is 93.9 Å². The van der Waals surface area contributed by atoms with Crippen molar-refractivity contribution in [3.05, 3.63) is 25.3 Å². The highest BCUT2D eigenvalue weighted by Crippen LogP contribution is 2.24. The summed E-state index contributed by atoms with van der Waals surface area (Å²) in [4.78, 5) is 113.